The van der Waals surface area contributed by atoms with E-state index in [1.807, 2.05) is 54.3 Å². The Labute approximate surface area is 268 Å². The lowest BCUT2D eigenvalue weighted by Crippen LogP contribution is -2.35. The molecule has 2 aliphatic rings. The number of hydrogen-bond donors (Lipinski definition) is 0. The van der Waals surface area contributed by atoms with E-state index in [0.717, 1.165) is 60.8 Å². The molecule has 0 bridgehead atoms. The molecule has 2 fully saturated rings. The fourth-order valence-corrected chi connectivity index (χ4v) is 7.11. The molecule has 1 saturated heterocycles. The van der Waals surface area contributed by atoms with Crippen molar-refractivity contribution in [3.8, 4) is 22.8 Å². The molecular formula is C33H39ClN6O4Si. The molecule has 1 aliphatic carbocycles. The number of aromatic nitrogens is 6. The fraction of sp³-hybridized carbons (Fsp3) is 0.455. The molecule has 0 N–H and O–H groups in total. The molecule has 2 aromatic carbocycles. The van der Waals surface area contributed by atoms with Gasteiger partial charge in [0.05, 0.1) is 53.9 Å². The number of halogens is 1. The Morgan fingerprint density at radius 1 is 1.02 bits per heavy atom. The normalized spacial score (nSPS) is 17.2. The first-order valence-corrected chi connectivity index (χ1v) is 19.8. The summed E-state index contributed by atoms with van der Waals surface area (Å²) in [4.78, 5) is 14.2. The monoisotopic (exact) mass is 646 g/mol. The van der Waals surface area contributed by atoms with Crippen LogP contribution in [0, 0.1) is 6.92 Å². The number of hydrogen-bond acceptors (Lipinski definition) is 8. The van der Waals surface area contributed by atoms with E-state index in [1.54, 1.807) is 6.20 Å². The molecule has 0 amide bonds. The van der Waals surface area contributed by atoms with Crippen LogP contribution in [0.5, 0.6) is 11.5 Å². The molecule has 236 valence electrons. The van der Waals surface area contributed by atoms with E-state index in [9.17, 15) is 0 Å². The van der Waals surface area contributed by atoms with Crippen molar-refractivity contribution in [2.45, 2.75) is 76.9 Å². The van der Waals surface area contributed by atoms with Crippen LogP contribution < -0.4 is 4.74 Å². The summed E-state index contributed by atoms with van der Waals surface area (Å²) in [6, 6.07) is 11.0. The number of nitrogens with zero attached hydrogens (tertiary/aromatic N) is 6. The largest absolute Gasteiger partial charge is 0.456 e. The summed E-state index contributed by atoms with van der Waals surface area (Å²) in [6.07, 6.45) is 9.30. The third-order valence-electron chi connectivity index (χ3n) is 8.77. The molecule has 1 spiro atoms. The van der Waals surface area contributed by atoms with Gasteiger partial charge in [-0.25, -0.2) is 9.97 Å². The van der Waals surface area contributed by atoms with Gasteiger partial charge in [-0.3, -0.25) is 9.67 Å². The number of imidazole rings is 1. The Bertz CT molecular complexity index is 1830. The van der Waals surface area contributed by atoms with Gasteiger partial charge in [0.15, 0.2) is 5.79 Å². The second-order valence-electron chi connectivity index (χ2n) is 13.2. The standard InChI is InChI=1S/C33H39ClN6O4Si/c1-22-37-26-6-5-25(17-29(26)39(22)21-41-15-16-45(2,3)4)44-30-8-7-27-32(31(30)34)38-28(19-35-27)23-18-36-40(20-23)24-9-11-33(12-10-24)42-13-14-43-33/h5-8,17-20,24H,9-16,21H2,1-4H3. The van der Waals surface area contributed by atoms with Crippen LogP contribution in [-0.4, -0.2) is 63.0 Å². The van der Waals surface area contributed by atoms with E-state index in [1.165, 1.54) is 0 Å². The highest BCUT2D eigenvalue weighted by Gasteiger charge is 2.40. The van der Waals surface area contributed by atoms with E-state index in [0.29, 0.717) is 59.2 Å². The molecule has 7 rings (SSSR count). The lowest BCUT2D eigenvalue weighted by molar-refractivity contribution is -0.181. The maximum atomic E-state index is 6.91. The molecule has 5 aromatic rings. The lowest BCUT2D eigenvalue weighted by atomic mass is 9.90. The van der Waals surface area contributed by atoms with Crippen molar-refractivity contribution in [3.05, 3.63) is 59.8 Å². The van der Waals surface area contributed by atoms with Crippen LogP contribution in [0.25, 0.3) is 33.3 Å². The molecule has 3 aromatic heterocycles. The van der Waals surface area contributed by atoms with Crippen molar-refractivity contribution in [1.29, 1.82) is 0 Å². The minimum absolute atomic E-state index is 0.295. The van der Waals surface area contributed by atoms with Crippen LogP contribution in [0.15, 0.2) is 48.9 Å². The summed E-state index contributed by atoms with van der Waals surface area (Å²) in [5, 5.41) is 5.08. The average molecular weight is 647 g/mol. The third-order valence-corrected chi connectivity index (χ3v) is 10.8. The van der Waals surface area contributed by atoms with Gasteiger partial charge in [-0.15, -0.1) is 0 Å². The van der Waals surface area contributed by atoms with Crippen molar-refractivity contribution in [2.75, 3.05) is 19.8 Å². The molecule has 1 saturated carbocycles. The molecule has 45 heavy (non-hydrogen) atoms. The fourth-order valence-electron chi connectivity index (χ4n) is 6.12. The molecular weight excluding hydrogens is 608 g/mol. The zero-order valence-electron chi connectivity index (χ0n) is 26.3. The summed E-state index contributed by atoms with van der Waals surface area (Å²) in [5.41, 5.74) is 4.70. The predicted octanol–water partition coefficient (Wildman–Crippen LogP) is 7.77. The quantitative estimate of drug-likeness (QED) is 0.118. The number of rotatable bonds is 9. The maximum Gasteiger partial charge on any atom is 0.168 e. The summed E-state index contributed by atoms with van der Waals surface area (Å²) in [5.74, 6) is 1.67. The smallest absolute Gasteiger partial charge is 0.168 e. The number of ether oxygens (including phenoxy) is 4. The molecule has 0 radical (unpaired) electrons. The minimum atomic E-state index is -1.16. The molecule has 0 unspecified atom stereocenters. The van der Waals surface area contributed by atoms with Gasteiger partial charge in [0, 0.05) is 45.3 Å². The van der Waals surface area contributed by atoms with Crippen LogP contribution in [0.1, 0.15) is 37.5 Å². The van der Waals surface area contributed by atoms with E-state index in [4.69, 9.17) is 40.5 Å². The minimum Gasteiger partial charge on any atom is -0.456 e. The van der Waals surface area contributed by atoms with Gasteiger partial charge < -0.3 is 23.5 Å². The Morgan fingerprint density at radius 3 is 2.58 bits per heavy atom. The average Bonchev–Trinajstić information content (AvgIpc) is 3.76. The number of aryl methyl sites for hydroxylation is 1. The van der Waals surface area contributed by atoms with Crippen molar-refractivity contribution in [3.63, 3.8) is 0 Å². The summed E-state index contributed by atoms with van der Waals surface area (Å²) in [6.45, 7) is 11.6. The van der Waals surface area contributed by atoms with Crippen molar-refractivity contribution in [2.24, 2.45) is 0 Å². The zero-order valence-corrected chi connectivity index (χ0v) is 28.0. The predicted molar refractivity (Wildman–Crippen MR) is 177 cm³/mol. The van der Waals surface area contributed by atoms with Crippen LogP contribution in [0.3, 0.4) is 0 Å². The molecule has 0 atom stereocenters. The third kappa shape index (κ3) is 6.37. The highest BCUT2D eigenvalue weighted by molar-refractivity contribution is 6.76. The van der Waals surface area contributed by atoms with Gasteiger partial charge in [-0.1, -0.05) is 31.2 Å². The summed E-state index contributed by atoms with van der Waals surface area (Å²) < 4.78 is 28.2. The van der Waals surface area contributed by atoms with E-state index in [2.05, 4.69) is 34.3 Å². The summed E-state index contributed by atoms with van der Waals surface area (Å²) in [7, 11) is -1.16. The van der Waals surface area contributed by atoms with Crippen LogP contribution >= 0.6 is 11.6 Å². The molecule has 12 heteroatoms. The Balaban J connectivity index is 1.09. The van der Waals surface area contributed by atoms with E-state index >= 15 is 0 Å². The van der Waals surface area contributed by atoms with Crippen LogP contribution in [-0.2, 0) is 20.9 Å². The van der Waals surface area contributed by atoms with Gasteiger partial charge in [-0.2, -0.15) is 5.10 Å². The Kier molecular flexibility index (Phi) is 8.15. The first-order chi connectivity index (χ1) is 21.7. The van der Waals surface area contributed by atoms with Gasteiger partial charge >= 0.3 is 0 Å². The number of benzene rings is 2. The SMILES string of the molecule is Cc1nc2ccc(Oc3ccc4ncc(-c5cnn(C6CCC7(CC6)OCCO7)c5)nc4c3Cl)cc2n1COCC[Si](C)(C)C. The first-order valence-electron chi connectivity index (χ1n) is 15.7. The second-order valence-corrected chi connectivity index (χ2v) is 19.2. The topological polar surface area (TPSA) is 98.3 Å². The molecule has 4 heterocycles. The number of fused-ring (bicyclic) bond motifs is 2. The highest BCUT2D eigenvalue weighted by atomic mass is 35.5. The van der Waals surface area contributed by atoms with E-state index in [-0.39, 0.29) is 5.79 Å². The van der Waals surface area contributed by atoms with Gasteiger partial charge in [0.1, 0.15) is 34.6 Å². The van der Waals surface area contributed by atoms with Gasteiger partial charge in [0.25, 0.3) is 0 Å². The van der Waals surface area contributed by atoms with Gasteiger partial charge in [0.2, 0.25) is 0 Å². The molecule has 10 nitrogen and oxygen atoms in total. The molecule has 1 aliphatic heterocycles. The Hall–Kier alpha value is -3.35. The first kappa shape index (κ1) is 30.3. The second kappa shape index (κ2) is 12.1. The Morgan fingerprint density at radius 2 is 1.80 bits per heavy atom. The zero-order chi connectivity index (χ0) is 31.2. The van der Waals surface area contributed by atoms with E-state index < -0.39 is 8.07 Å². The van der Waals surface area contributed by atoms with Crippen molar-refractivity contribution >= 4 is 41.7 Å². The van der Waals surface area contributed by atoms with Crippen LogP contribution in [0.4, 0.5) is 0 Å². The van der Waals surface area contributed by atoms with Crippen molar-refractivity contribution < 1.29 is 18.9 Å². The lowest BCUT2D eigenvalue weighted by Gasteiger charge is -2.35. The highest BCUT2D eigenvalue weighted by Crippen LogP contribution is 2.41. The van der Waals surface area contributed by atoms with Crippen LogP contribution in [0.2, 0.25) is 30.7 Å². The maximum absolute atomic E-state index is 6.91. The summed E-state index contributed by atoms with van der Waals surface area (Å²) >= 11 is 6.91. The van der Waals surface area contributed by atoms with Crippen molar-refractivity contribution in [1.82, 2.24) is 29.3 Å². The van der Waals surface area contributed by atoms with Gasteiger partial charge in [-0.05, 0) is 50.1 Å².